The fourth-order valence-electron chi connectivity index (χ4n) is 2.54. The van der Waals surface area contributed by atoms with Gasteiger partial charge in [0.1, 0.15) is 0 Å². The van der Waals surface area contributed by atoms with Crippen molar-refractivity contribution in [2.24, 2.45) is 11.7 Å². The molecular weight excluding hydrogens is 216 g/mol. The van der Waals surface area contributed by atoms with Crippen LogP contribution in [0.3, 0.4) is 0 Å². The first-order valence-electron chi connectivity index (χ1n) is 6.98. The molecule has 0 aromatic carbocycles. The standard InChI is InChI=1S/C13H28N2O2/c1-3-16-13(17-4-2)10-15-12-8-6-5-7-11(12)9-14/h11-13,15H,3-10,14H2,1-2H3. The molecule has 0 spiro atoms. The van der Waals surface area contributed by atoms with Crippen LogP contribution in [0.1, 0.15) is 39.5 Å². The summed E-state index contributed by atoms with van der Waals surface area (Å²) in [6.45, 7) is 6.92. The molecule has 1 rings (SSSR count). The number of ether oxygens (including phenoxy) is 2. The van der Waals surface area contributed by atoms with E-state index >= 15 is 0 Å². The third kappa shape index (κ3) is 5.34. The molecule has 0 saturated heterocycles. The molecule has 1 saturated carbocycles. The Bertz CT molecular complexity index is 184. The van der Waals surface area contributed by atoms with E-state index < -0.39 is 0 Å². The lowest BCUT2D eigenvalue weighted by atomic mass is 9.84. The van der Waals surface area contributed by atoms with Gasteiger partial charge >= 0.3 is 0 Å². The van der Waals surface area contributed by atoms with E-state index in [4.69, 9.17) is 15.2 Å². The van der Waals surface area contributed by atoms with Crippen LogP contribution < -0.4 is 11.1 Å². The molecule has 4 heteroatoms. The van der Waals surface area contributed by atoms with E-state index in [0.717, 1.165) is 13.1 Å². The van der Waals surface area contributed by atoms with Crippen molar-refractivity contribution in [1.82, 2.24) is 5.32 Å². The summed E-state index contributed by atoms with van der Waals surface area (Å²) in [5.74, 6) is 0.618. The van der Waals surface area contributed by atoms with Crippen molar-refractivity contribution in [1.29, 1.82) is 0 Å². The Morgan fingerprint density at radius 1 is 1.18 bits per heavy atom. The van der Waals surface area contributed by atoms with Crippen molar-refractivity contribution in [2.75, 3.05) is 26.3 Å². The summed E-state index contributed by atoms with van der Waals surface area (Å²) in [7, 11) is 0. The summed E-state index contributed by atoms with van der Waals surface area (Å²) in [5.41, 5.74) is 5.81. The van der Waals surface area contributed by atoms with E-state index in [-0.39, 0.29) is 6.29 Å². The average molecular weight is 244 g/mol. The Hall–Kier alpha value is -0.160. The molecule has 1 aliphatic rings. The van der Waals surface area contributed by atoms with Crippen molar-refractivity contribution < 1.29 is 9.47 Å². The van der Waals surface area contributed by atoms with E-state index in [1.807, 2.05) is 13.8 Å². The maximum Gasteiger partial charge on any atom is 0.169 e. The smallest absolute Gasteiger partial charge is 0.169 e. The minimum Gasteiger partial charge on any atom is -0.352 e. The minimum absolute atomic E-state index is 0.120. The van der Waals surface area contributed by atoms with Crippen LogP contribution >= 0.6 is 0 Å². The summed E-state index contributed by atoms with van der Waals surface area (Å²) in [6.07, 6.45) is 4.99. The number of nitrogens with two attached hydrogens (primary N) is 1. The van der Waals surface area contributed by atoms with Gasteiger partial charge in [0.05, 0.1) is 0 Å². The van der Waals surface area contributed by atoms with Crippen LogP contribution in [-0.2, 0) is 9.47 Å². The van der Waals surface area contributed by atoms with E-state index in [0.29, 0.717) is 25.2 Å². The lowest BCUT2D eigenvalue weighted by Crippen LogP contribution is -2.45. The highest BCUT2D eigenvalue weighted by molar-refractivity contribution is 4.81. The Balaban J connectivity index is 2.30. The van der Waals surface area contributed by atoms with Crippen LogP contribution in [0.4, 0.5) is 0 Å². The molecule has 0 bridgehead atoms. The fraction of sp³-hybridized carbons (Fsp3) is 1.00. The molecule has 0 aromatic heterocycles. The molecule has 4 nitrogen and oxygen atoms in total. The van der Waals surface area contributed by atoms with Gasteiger partial charge in [0.15, 0.2) is 6.29 Å². The van der Waals surface area contributed by atoms with Gasteiger partial charge in [-0.3, -0.25) is 0 Å². The molecule has 17 heavy (non-hydrogen) atoms. The van der Waals surface area contributed by atoms with Gasteiger partial charge in [-0.05, 0) is 39.2 Å². The van der Waals surface area contributed by atoms with Crippen LogP contribution in [0.5, 0.6) is 0 Å². The normalized spacial score (nSPS) is 25.4. The third-order valence-electron chi connectivity index (χ3n) is 3.46. The molecular formula is C13H28N2O2. The van der Waals surface area contributed by atoms with Crippen LogP contribution in [-0.4, -0.2) is 38.6 Å². The maximum atomic E-state index is 5.81. The van der Waals surface area contributed by atoms with Crippen molar-refractivity contribution in [2.45, 2.75) is 51.9 Å². The zero-order valence-corrected chi connectivity index (χ0v) is 11.3. The average Bonchev–Trinajstić information content (AvgIpc) is 2.37. The van der Waals surface area contributed by atoms with Crippen LogP contribution in [0.2, 0.25) is 0 Å². The maximum absolute atomic E-state index is 5.81. The number of nitrogens with one attached hydrogen (secondary N) is 1. The van der Waals surface area contributed by atoms with E-state index in [9.17, 15) is 0 Å². The molecule has 0 aliphatic heterocycles. The Kier molecular flexibility index (Phi) is 7.77. The van der Waals surface area contributed by atoms with Gasteiger partial charge in [0.2, 0.25) is 0 Å². The van der Waals surface area contributed by atoms with E-state index in [1.165, 1.54) is 25.7 Å². The number of rotatable bonds is 8. The predicted octanol–water partition coefficient (Wildman–Crippen LogP) is 1.49. The van der Waals surface area contributed by atoms with Crippen molar-refractivity contribution >= 4 is 0 Å². The molecule has 0 radical (unpaired) electrons. The van der Waals surface area contributed by atoms with Crippen LogP contribution in [0.15, 0.2) is 0 Å². The molecule has 0 aromatic rings. The lowest BCUT2D eigenvalue weighted by Gasteiger charge is -2.32. The second-order valence-corrected chi connectivity index (χ2v) is 4.64. The molecule has 3 N–H and O–H groups in total. The van der Waals surface area contributed by atoms with Crippen molar-refractivity contribution in [3.8, 4) is 0 Å². The van der Waals surface area contributed by atoms with Gasteiger partial charge in [0, 0.05) is 25.8 Å². The zero-order valence-electron chi connectivity index (χ0n) is 11.3. The highest BCUT2D eigenvalue weighted by Crippen LogP contribution is 2.23. The first-order chi connectivity index (χ1) is 8.31. The van der Waals surface area contributed by atoms with Gasteiger partial charge in [0.25, 0.3) is 0 Å². The lowest BCUT2D eigenvalue weighted by molar-refractivity contribution is -0.134. The second kappa shape index (κ2) is 8.86. The summed E-state index contributed by atoms with van der Waals surface area (Å²) in [6, 6.07) is 0.539. The summed E-state index contributed by atoms with van der Waals surface area (Å²) in [4.78, 5) is 0. The topological polar surface area (TPSA) is 56.5 Å². The highest BCUT2D eigenvalue weighted by Gasteiger charge is 2.24. The van der Waals surface area contributed by atoms with Crippen molar-refractivity contribution in [3.63, 3.8) is 0 Å². The Morgan fingerprint density at radius 2 is 1.82 bits per heavy atom. The largest absolute Gasteiger partial charge is 0.352 e. The number of hydrogen-bond donors (Lipinski definition) is 2. The molecule has 0 heterocycles. The van der Waals surface area contributed by atoms with Gasteiger partial charge in [-0.15, -0.1) is 0 Å². The quantitative estimate of drug-likeness (QED) is 0.635. The van der Waals surface area contributed by atoms with E-state index in [2.05, 4.69) is 5.32 Å². The fourth-order valence-corrected chi connectivity index (χ4v) is 2.54. The molecule has 2 unspecified atom stereocenters. The Morgan fingerprint density at radius 3 is 2.41 bits per heavy atom. The van der Waals surface area contributed by atoms with Crippen LogP contribution in [0, 0.1) is 5.92 Å². The summed E-state index contributed by atoms with van der Waals surface area (Å²) < 4.78 is 11.1. The molecule has 1 fully saturated rings. The van der Waals surface area contributed by atoms with Gasteiger partial charge in [-0.25, -0.2) is 0 Å². The highest BCUT2D eigenvalue weighted by atomic mass is 16.7. The summed E-state index contributed by atoms with van der Waals surface area (Å²) in [5, 5.41) is 3.56. The molecule has 0 amide bonds. The minimum atomic E-state index is -0.120. The van der Waals surface area contributed by atoms with Gasteiger partial charge < -0.3 is 20.5 Å². The molecule has 2 atom stereocenters. The van der Waals surface area contributed by atoms with E-state index in [1.54, 1.807) is 0 Å². The molecule has 1 aliphatic carbocycles. The summed E-state index contributed by atoms with van der Waals surface area (Å²) >= 11 is 0. The molecule has 102 valence electrons. The first kappa shape index (κ1) is 14.9. The monoisotopic (exact) mass is 244 g/mol. The van der Waals surface area contributed by atoms with Gasteiger partial charge in [-0.2, -0.15) is 0 Å². The van der Waals surface area contributed by atoms with Crippen LogP contribution in [0.25, 0.3) is 0 Å². The number of hydrogen-bond acceptors (Lipinski definition) is 4. The predicted molar refractivity (Wildman–Crippen MR) is 69.8 cm³/mol. The Labute approximate surface area is 105 Å². The van der Waals surface area contributed by atoms with Gasteiger partial charge in [-0.1, -0.05) is 12.8 Å². The first-order valence-corrected chi connectivity index (χ1v) is 6.98. The SMILES string of the molecule is CCOC(CNC1CCCCC1CN)OCC. The third-order valence-corrected chi connectivity index (χ3v) is 3.46. The van der Waals surface area contributed by atoms with Crippen molar-refractivity contribution in [3.05, 3.63) is 0 Å². The zero-order chi connectivity index (χ0) is 12.5. The second-order valence-electron chi connectivity index (χ2n) is 4.64.